The van der Waals surface area contributed by atoms with Gasteiger partial charge in [0.2, 0.25) is 0 Å². The molecule has 18 heavy (non-hydrogen) atoms. The SMILES string of the molecule is COS(=O)(=O)C1(c2ccc([N+](=O)[O-])c(C)c2)CC1. The smallest absolute Gasteiger partial charge is 0.273 e. The second kappa shape index (κ2) is 4.03. The topological polar surface area (TPSA) is 86.5 Å². The Kier molecular flexibility index (Phi) is 2.90. The van der Waals surface area contributed by atoms with Gasteiger partial charge >= 0.3 is 0 Å². The summed E-state index contributed by atoms with van der Waals surface area (Å²) in [7, 11) is -2.53. The van der Waals surface area contributed by atoms with Gasteiger partial charge in [0.15, 0.2) is 0 Å². The molecule has 2 rings (SSSR count). The molecule has 0 aliphatic heterocycles. The number of nitro benzene ring substituents is 1. The standard InChI is InChI=1S/C11H13NO5S/c1-8-7-9(3-4-10(8)12(13)14)11(5-6-11)18(15,16)17-2/h3-4,7H,5-6H2,1-2H3. The van der Waals surface area contributed by atoms with Gasteiger partial charge in [0.1, 0.15) is 4.75 Å². The highest BCUT2D eigenvalue weighted by atomic mass is 32.2. The lowest BCUT2D eigenvalue weighted by atomic mass is 10.1. The molecular weight excluding hydrogens is 258 g/mol. The van der Waals surface area contributed by atoms with Gasteiger partial charge in [-0.2, -0.15) is 8.42 Å². The van der Waals surface area contributed by atoms with Gasteiger partial charge in [-0.1, -0.05) is 6.07 Å². The summed E-state index contributed by atoms with van der Waals surface area (Å²) in [5.74, 6) is 0. The second-order valence-corrected chi connectivity index (χ2v) is 6.40. The molecular formula is C11H13NO5S. The largest absolute Gasteiger partial charge is 0.277 e. The summed E-state index contributed by atoms with van der Waals surface area (Å²) in [6.45, 7) is 1.59. The summed E-state index contributed by atoms with van der Waals surface area (Å²) in [5.41, 5.74) is 1.01. The van der Waals surface area contributed by atoms with Gasteiger partial charge < -0.3 is 0 Å². The zero-order valence-electron chi connectivity index (χ0n) is 10.0. The van der Waals surface area contributed by atoms with Gasteiger partial charge in [0.05, 0.1) is 12.0 Å². The molecule has 0 atom stereocenters. The zero-order chi connectivity index (χ0) is 13.6. The highest BCUT2D eigenvalue weighted by molar-refractivity contribution is 7.88. The van der Waals surface area contributed by atoms with Gasteiger partial charge in [-0.05, 0) is 31.4 Å². The summed E-state index contributed by atoms with van der Waals surface area (Å²) < 4.78 is 27.3. The van der Waals surface area contributed by atoms with Crippen LogP contribution in [0.3, 0.4) is 0 Å². The van der Waals surface area contributed by atoms with E-state index in [1.165, 1.54) is 12.1 Å². The molecule has 0 aromatic heterocycles. The molecule has 0 unspecified atom stereocenters. The van der Waals surface area contributed by atoms with Crippen LogP contribution in [0.5, 0.6) is 0 Å². The number of hydrogen-bond acceptors (Lipinski definition) is 5. The lowest BCUT2D eigenvalue weighted by Crippen LogP contribution is -2.22. The first-order valence-corrected chi connectivity index (χ1v) is 6.80. The fourth-order valence-corrected chi connectivity index (χ4v) is 3.44. The summed E-state index contributed by atoms with van der Waals surface area (Å²) >= 11 is 0. The number of rotatable bonds is 4. The van der Waals surface area contributed by atoms with Crippen molar-refractivity contribution in [3.8, 4) is 0 Å². The lowest BCUT2D eigenvalue weighted by Gasteiger charge is -2.15. The van der Waals surface area contributed by atoms with Gasteiger partial charge in [0, 0.05) is 11.6 Å². The summed E-state index contributed by atoms with van der Waals surface area (Å²) in [4.78, 5) is 10.2. The number of nitro groups is 1. The van der Waals surface area contributed by atoms with E-state index in [-0.39, 0.29) is 5.69 Å². The van der Waals surface area contributed by atoms with Crippen LogP contribution in [0.25, 0.3) is 0 Å². The minimum Gasteiger partial charge on any atom is -0.273 e. The third-order valence-electron chi connectivity index (χ3n) is 3.32. The maximum Gasteiger partial charge on any atom is 0.277 e. The molecule has 0 heterocycles. The minimum absolute atomic E-state index is 0.00985. The van der Waals surface area contributed by atoms with Crippen molar-refractivity contribution in [2.75, 3.05) is 7.11 Å². The Morgan fingerprint density at radius 1 is 1.39 bits per heavy atom. The highest BCUT2D eigenvalue weighted by Crippen LogP contribution is 2.53. The van der Waals surface area contributed by atoms with Crippen LogP contribution in [0.15, 0.2) is 18.2 Å². The predicted octanol–water partition coefficient (Wildman–Crippen LogP) is 1.87. The quantitative estimate of drug-likeness (QED) is 0.474. The molecule has 1 fully saturated rings. The second-order valence-electron chi connectivity index (χ2n) is 4.37. The van der Waals surface area contributed by atoms with Gasteiger partial charge in [-0.15, -0.1) is 0 Å². The van der Waals surface area contributed by atoms with Crippen molar-refractivity contribution in [3.05, 3.63) is 39.4 Å². The maximum absolute atomic E-state index is 11.9. The number of nitrogens with zero attached hydrogens (tertiary/aromatic N) is 1. The molecule has 0 bridgehead atoms. The third-order valence-corrected chi connectivity index (χ3v) is 5.36. The number of benzene rings is 1. The summed E-state index contributed by atoms with van der Waals surface area (Å²) in [5, 5.41) is 10.7. The minimum atomic E-state index is -3.66. The van der Waals surface area contributed by atoms with Crippen molar-refractivity contribution in [3.63, 3.8) is 0 Å². The molecule has 0 radical (unpaired) electrons. The van der Waals surface area contributed by atoms with Crippen molar-refractivity contribution in [1.82, 2.24) is 0 Å². The molecule has 98 valence electrons. The van der Waals surface area contributed by atoms with Crippen LogP contribution in [0.4, 0.5) is 5.69 Å². The first kappa shape index (κ1) is 13.0. The number of hydrogen-bond donors (Lipinski definition) is 0. The summed E-state index contributed by atoms with van der Waals surface area (Å²) in [6, 6.07) is 4.40. The Morgan fingerprint density at radius 3 is 2.39 bits per heavy atom. The van der Waals surface area contributed by atoms with E-state index in [2.05, 4.69) is 4.18 Å². The molecule has 6 nitrogen and oxygen atoms in total. The Balaban J connectivity index is 2.49. The van der Waals surface area contributed by atoms with Crippen molar-refractivity contribution in [1.29, 1.82) is 0 Å². The molecule has 7 heteroatoms. The average Bonchev–Trinajstić information content (AvgIpc) is 3.09. The van der Waals surface area contributed by atoms with E-state index in [4.69, 9.17) is 0 Å². The predicted molar refractivity (Wildman–Crippen MR) is 64.7 cm³/mol. The first-order chi connectivity index (χ1) is 8.34. The van der Waals surface area contributed by atoms with E-state index < -0.39 is 19.8 Å². The fraction of sp³-hybridized carbons (Fsp3) is 0.455. The van der Waals surface area contributed by atoms with E-state index in [0.717, 1.165) is 7.11 Å². The molecule has 1 aliphatic carbocycles. The van der Waals surface area contributed by atoms with Crippen LogP contribution in [-0.4, -0.2) is 20.5 Å². The number of aryl methyl sites for hydroxylation is 1. The van der Waals surface area contributed by atoms with E-state index in [0.29, 0.717) is 24.0 Å². The lowest BCUT2D eigenvalue weighted by molar-refractivity contribution is -0.385. The summed E-state index contributed by atoms with van der Waals surface area (Å²) in [6.07, 6.45) is 0.973. The van der Waals surface area contributed by atoms with Crippen molar-refractivity contribution < 1.29 is 17.5 Å². The first-order valence-electron chi connectivity index (χ1n) is 5.40. The van der Waals surface area contributed by atoms with E-state index in [1.54, 1.807) is 13.0 Å². The van der Waals surface area contributed by atoms with Crippen LogP contribution >= 0.6 is 0 Å². The molecule has 1 saturated carbocycles. The Morgan fingerprint density at radius 2 is 2.00 bits per heavy atom. The van der Waals surface area contributed by atoms with Crippen molar-refractivity contribution >= 4 is 15.8 Å². The molecule has 1 aliphatic rings. The van der Waals surface area contributed by atoms with Crippen LogP contribution in [0.1, 0.15) is 24.0 Å². The van der Waals surface area contributed by atoms with Crippen LogP contribution in [0, 0.1) is 17.0 Å². The van der Waals surface area contributed by atoms with Crippen molar-refractivity contribution in [2.24, 2.45) is 0 Å². The molecule has 0 saturated heterocycles. The van der Waals surface area contributed by atoms with Crippen LogP contribution in [-0.2, 0) is 19.0 Å². The Bertz CT molecular complexity index is 604. The monoisotopic (exact) mass is 271 g/mol. The van der Waals surface area contributed by atoms with E-state index in [1.807, 2.05) is 0 Å². The Hall–Kier alpha value is -1.47. The van der Waals surface area contributed by atoms with Crippen LogP contribution in [0.2, 0.25) is 0 Å². The maximum atomic E-state index is 11.9. The third kappa shape index (κ3) is 1.79. The molecule has 0 amide bonds. The van der Waals surface area contributed by atoms with E-state index >= 15 is 0 Å². The van der Waals surface area contributed by atoms with Gasteiger partial charge in [0.25, 0.3) is 15.8 Å². The fourth-order valence-electron chi connectivity index (χ4n) is 2.10. The normalized spacial score (nSPS) is 17.4. The van der Waals surface area contributed by atoms with Crippen molar-refractivity contribution in [2.45, 2.75) is 24.5 Å². The molecule has 1 aromatic rings. The molecule has 1 aromatic carbocycles. The molecule has 0 spiro atoms. The van der Waals surface area contributed by atoms with E-state index in [9.17, 15) is 18.5 Å². The van der Waals surface area contributed by atoms with Gasteiger partial charge in [-0.3, -0.25) is 14.3 Å². The van der Waals surface area contributed by atoms with Crippen LogP contribution < -0.4 is 0 Å². The zero-order valence-corrected chi connectivity index (χ0v) is 10.9. The Labute approximate surface area is 105 Å². The van der Waals surface area contributed by atoms with Gasteiger partial charge in [-0.25, -0.2) is 0 Å². The molecule has 0 N–H and O–H groups in total. The highest BCUT2D eigenvalue weighted by Gasteiger charge is 2.56. The average molecular weight is 271 g/mol.